The molecule has 0 radical (unpaired) electrons. The van der Waals surface area contributed by atoms with Crippen LogP contribution >= 0.6 is 27.3 Å². The minimum Gasteiger partial charge on any atom is -0.463 e. The molecule has 120 valence electrons. The molecule has 7 heteroatoms. The van der Waals surface area contributed by atoms with Crippen LogP contribution in [0.2, 0.25) is 0 Å². The maximum atomic E-state index is 5.50. The van der Waals surface area contributed by atoms with E-state index in [1.807, 2.05) is 42.1 Å². The van der Waals surface area contributed by atoms with Gasteiger partial charge in [-0.3, -0.25) is 4.99 Å². The Balaban J connectivity index is 1.81. The fourth-order valence-corrected chi connectivity index (χ4v) is 3.64. The monoisotopic (exact) mass is 400 g/mol. The predicted molar refractivity (Wildman–Crippen MR) is 100 cm³/mol. The lowest BCUT2D eigenvalue weighted by Crippen LogP contribution is -2.11. The van der Waals surface area contributed by atoms with E-state index in [0.717, 1.165) is 37.2 Å². The molecule has 0 spiro atoms. The van der Waals surface area contributed by atoms with Gasteiger partial charge in [0.05, 0.1) is 12.5 Å². The Hall–Kier alpha value is -2.38. The van der Waals surface area contributed by atoms with Gasteiger partial charge in [0.2, 0.25) is 4.80 Å². The van der Waals surface area contributed by atoms with Crippen LogP contribution in [-0.4, -0.2) is 22.9 Å². The van der Waals surface area contributed by atoms with Gasteiger partial charge in [-0.1, -0.05) is 15.9 Å². The van der Waals surface area contributed by atoms with E-state index in [9.17, 15) is 0 Å². The van der Waals surface area contributed by atoms with Crippen LogP contribution in [0.4, 0.5) is 0 Å². The second-order valence-corrected chi connectivity index (χ2v) is 6.85. The number of hydrogen-bond donors (Lipinski definition) is 1. The van der Waals surface area contributed by atoms with E-state index in [1.165, 1.54) is 11.3 Å². The molecule has 1 N–H and O–H groups in total. The molecule has 0 aliphatic carbocycles. The summed E-state index contributed by atoms with van der Waals surface area (Å²) in [4.78, 5) is 8.35. The molecule has 0 saturated heterocycles. The Bertz CT molecular complexity index is 1090. The predicted octanol–water partition coefficient (Wildman–Crippen LogP) is 4.47. The van der Waals surface area contributed by atoms with Gasteiger partial charge in [0.15, 0.2) is 5.76 Å². The number of nitrogens with one attached hydrogen (secondary N) is 1. The number of benzene rings is 1. The molecule has 0 saturated carbocycles. The summed E-state index contributed by atoms with van der Waals surface area (Å²) in [6.07, 6.45) is 5.43. The van der Waals surface area contributed by atoms with Crippen LogP contribution in [0.15, 0.2) is 67.2 Å². The number of hydrogen-bond acceptors (Lipinski definition) is 4. The molecule has 4 rings (SSSR count). The number of aromatic amines is 1. The highest BCUT2D eigenvalue weighted by atomic mass is 79.9. The number of furan rings is 1. The third-order valence-electron chi connectivity index (χ3n) is 3.64. The van der Waals surface area contributed by atoms with Crippen LogP contribution in [0.5, 0.6) is 0 Å². The summed E-state index contributed by atoms with van der Waals surface area (Å²) in [5.41, 5.74) is 2.96. The standard InChI is InChI=1S/C17H13BrN4OS/c1-19-17-22(15(10-24-17)16-3-2-6-23-16)21-9-11-8-20-14-5-4-12(18)7-13(11)14/h2-10,20H,1H3. The average Bonchev–Trinajstić information content (AvgIpc) is 3.31. The molecule has 0 amide bonds. The molecule has 0 aliphatic rings. The number of thiazole rings is 1. The highest BCUT2D eigenvalue weighted by molar-refractivity contribution is 9.10. The minimum absolute atomic E-state index is 0.764. The average molecular weight is 401 g/mol. The molecular weight excluding hydrogens is 388 g/mol. The van der Waals surface area contributed by atoms with E-state index in [0.29, 0.717) is 0 Å². The molecule has 3 heterocycles. The summed E-state index contributed by atoms with van der Waals surface area (Å²) in [6.45, 7) is 0. The number of fused-ring (bicyclic) bond motifs is 1. The van der Waals surface area contributed by atoms with Gasteiger partial charge < -0.3 is 9.40 Å². The summed E-state index contributed by atoms with van der Waals surface area (Å²) in [7, 11) is 1.76. The topological polar surface area (TPSA) is 58.6 Å². The quantitative estimate of drug-likeness (QED) is 0.506. The first-order valence-corrected chi connectivity index (χ1v) is 8.92. The molecule has 0 aliphatic heterocycles. The SMILES string of the molecule is CN=c1scc(-c2ccco2)n1N=Cc1c[nH]c2ccc(Br)cc12. The van der Waals surface area contributed by atoms with Crippen molar-refractivity contribution < 1.29 is 4.42 Å². The summed E-state index contributed by atoms with van der Waals surface area (Å²) >= 11 is 5.04. The van der Waals surface area contributed by atoms with Crippen molar-refractivity contribution in [2.75, 3.05) is 7.05 Å². The van der Waals surface area contributed by atoms with Crippen molar-refractivity contribution >= 4 is 44.4 Å². The summed E-state index contributed by atoms with van der Waals surface area (Å²) in [5.74, 6) is 0.764. The Morgan fingerprint density at radius 1 is 1.33 bits per heavy atom. The van der Waals surface area contributed by atoms with Gasteiger partial charge in [-0.2, -0.15) is 5.10 Å². The zero-order valence-corrected chi connectivity index (χ0v) is 15.1. The second-order valence-electron chi connectivity index (χ2n) is 5.09. The highest BCUT2D eigenvalue weighted by Crippen LogP contribution is 2.23. The molecular formula is C17H13BrN4OS. The Morgan fingerprint density at radius 3 is 3.04 bits per heavy atom. The molecule has 0 fully saturated rings. The van der Waals surface area contributed by atoms with Crippen LogP contribution in [0.1, 0.15) is 5.56 Å². The second kappa shape index (κ2) is 6.26. The first kappa shape index (κ1) is 15.2. The van der Waals surface area contributed by atoms with Gasteiger partial charge in [-0.25, -0.2) is 4.68 Å². The first-order valence-electron chi connectivity index (χ1n) is 7.24. The molecule has 0 unspecified atom stereocenters. The summed E-state index contributed by atoms with van der Waals surface area (Å²) in [5, 5.41) is 7.73. The molecule has 3 aromatic heterocycles. The van der Waals surface area contributed by atoms with Crippen LogP contribution < -0.4 is 4.80 Å². The van der Waals surface area contributed by atoms with E-state index >= 15 is 0 Å². The summed E-state index contributed by atoms with van der Waals surface area (Å²) in [6, 6.07) is 9.90. The number of halogens is 1. The number of H-pyrrole nitrogens is 1. The lowest BCUT2D eigenvalue weighted by molar-refractivity contribution is 0.575. The van der Waals surface area contributed by atoms with Crippen molar-refractivity contribution in [1.29, 1.82) is 0 Å². The van der Waals surface area contributed by atoms with E-state index < -0.39 is 0 Å². The van der Waals surface area contributed by atoms with Crippen molar-refractivity contribution in [2.45, 2.75) is 0 Å². The highest BCUT2D eigenvalue weighted by Gasteiger charge is 2.09. The van der Waals surface area contributed by atoms with E-state index in [4.69, 9.17) is 4.42 Å². The molecule has 4 aromatic rings. The Labute approximate surface area is 150 Å². The van der Waals surface area contributed by atoms with Gasteiger partial charge in [0.1, 0.15) is 5.69 Å². The first-order chi connectivity index (χ1) is 11.8. The zero-order valence-electron chi connectivity index (χ0n) is 12.7. The molecule has 0 bridgehead atoms. The third-order valence-corrected chi connectivity index (χ3v) is 5.04. The van der Waals surface area contributed by atoms with Crippen molar-refractivity contribution in [3.05, 3.63) is 63.0 Å². The van der Waals surface area contributed by atoms with Crippen molar-refractivity contribution in [3.63, 3.8) is 0 Å². The van der Waals surface area contributed by atoms with Gasteiger partial charge in [0, 0.05) is 39.6 Å². The van der Waals surface area contributed by atoms with E-state index in [2.05, 4.69) is 37.1 Å². The maximum Gasteiger partial charge on any atom is 0.206 e. The van der Waals surface area contributed by atoms with Crippen LogP contribution in [0.3, 0.4) is 0 Å². The fourth-order valence-electron chi connectivity index (χ4n) is 2.50. The lowest BCUT2D eigenvalue weighted by Gasteiger charge is -1.99. The lowest BCUT2D eigenvalue weighted by atomic mass is 10.2. The Kier molecular flexibility index (Phi) is 3.95. The molecule has 5 nitrogen and oxygen atoms in total. The van der Waals surface area contributed by atoms with Gasteiger partial charge in [-0.05, 0) is 30.3 Å². The van der Waals surface area contributed by atoms with Gasteiger partial charge in [-0.15, -0.1) is 11.3 Å². The number of rotatable bonds is 3. The number of nitrogens with zero attached hydrogens (tertiary/aromatic N) is 3. The van der Waals surface area contributed by atoms with E-state index in [1.54, 1.807) is 18.0 Å². The van der Waals surface area contributed by atoms with Crippen molar-refractivity contribution in [3.8, 4) is 11.5 Å². The smallest absolute Gasteiger partial charge is 0.206 e. The van der Waals surface area contributed by atoms with Crippen molar-refractivity contribution in [2.24, 2.45) is 10.1 Å². The zero-order chi connectivity index (χ0) is 16.5. The van der Waals surface area contributed by atoms with Crippen LogP contribution in [0, 0.1) is 0 Å². The van der Waals surface area contributed by atoms with Crippen molar-refractivity contribution in [1.82, 2.24) is 9.66 Å². The molecule has 0 atom stereocenters. The maximum absolute atomic E-state index is 5.50. The third kappa shape index (κ3) is 2.65. The largest absolute Gasteiger partial charge is 0.463 e. The van der Waals surface area contributed by atoms with Crippen LogP contribution in [0.25, 0.3) is 22.4 Å². The molecule has 24 heavy (non-hydrogen) atoms. The Morgan fingerprint density at radius 2 is 2.25 bits per heavy atom. The minimum atomic E-state index is 0.764. The normalized spacial score (nSPS) is 12.7. The fraction of sp³-hybridized carbons (Fsp3) is 0.0588. The van der Waals surface area contributed by atoms with Gasteiger partial charge in [0.25, 0.3) is 0 Å². The van der Waals surface area contributed by atoms with Gasteiger partial charge >= 0.3 is 0 Å². The summed E-state index contributed by atoms with van der Waals surface area (Å²) < 4.78 is 8.33. The molecule has 1 aromatic carbocycles. The number of aromatic nitrogens is 2. The van der Waals surface area contributed by atoms with E-state index in [-0.39, 0.29) is 0 Å². The van der Waals surface area contributed by atoms with Crippen LogP contribution in [-0.2, 0) is 0 Å².